The van der Waals surface area contributed by atoms with Gasteiger partial charge in [-0.1, -0.05) is 49.4 Å². The first-order valence-electron chi connectivity index (χ1n) is 11.3. The summed E-state index contributed by atoms with van der Waals surface area (Å²) in [5, 5.41) is 8.81. The molecule has 0 aromatic heterocycles. The third-order valence-corrected chi connectivity index (χ3v) is 5.00. The van der Waals surface area contributed by atoms with E-state index < -0.39 is 0 Å². The van der Waals surface area contributed by atoms with Gasteiger partial charge in [-0.05, 0) is 61.2 Å². The predicted molar refractivity (Wildman–Crippen MR) is 133 cm³/mol. The summed E-state index contributed by atoms with van der Waals surface area (Å²) in [6.45, 7) is 3.34. The molecule has 3 aromatic carbocycles. The van der Waals surface area contributed by atoms with Crippen molar-refractivity contribution in [3.05, 3.63) is 90.0 Å². The lowest BCUT2D eigenvalue weighted by atomic mass is 10.1. The highest BCUT2D eigenvalue weighted by Crippen LogP contribution is 2.24. The largest absolute Gasteiger partial charge is 0.491 e. The van der Waals surface area contributed by atoms with Crippen molar-refractivity contribution in [3.8, 4) is 5.75 Å². The van der Waals surface area contributed by atoms with Crippen LogP contribution in [0, 0.1) is 0 Å². The maximum absolute atomic E-state index is 12.4. The molecule has 172 valence electrons. The summed E-state index contributed by atoms with van der Waals surface area (Å²) >= 11 is 0. The Morgan fingerprint density at radius 1 is 0.879 bits per heavy atom. The molecule has 33 heavy (non-hydrogen) atoms. The molecule has 0 radical (unpaired) electrons. The van der Waals surface area contributed by atoms with Crippen molar-refractivity contribution in [2.75, 3.05) is 30.3 Å². The topological polar surface area (TPSA) is 79.5 Å². The van der Waals surface area contributed by atoms with Gasteiger partial charge in [-0.3, -0.25) is 9.59 Å². The molecule has 0 saturated heterocycles. The van der Waals surface area contributed by atoms with Gasteiger partial charge in [-0.25, -0.2) is 0 Å². The number of amides is 2. The van der Waals surface area contributed by atoms with Gasteiger partial charge in [-0.15, -0.1) is 0 Å². The highest BCUT2D eigenvalue weighted by molar-refractivity contribution is 5.96. The van der Waals surface area contributed by atoms with E-state index in [1.54, 1.807) is 24.3 Å². The second kappa shape index (κ2) is 12.9. The number of aryl methyl sites for hydroxylation is 1. The molecule has 0 atom stereocenters. The van der Waals surface area contributed by atoms with Crippen LogP contribution in [0.25, 0.3) is 0 Å². The lowest BCUT2D eigenvalue weighted by Gasteiger charge is -2.13. The molecule has 3 N–H and O–H groups in total. The molecular weight excluding hydrogens is 414 g/mol. The van der Waals surface area contributed by atoms with Crippen molar-refractivity contribution in [2.24, 2.45) is 0 Å². The van der Waals surface area contributed by atoms with Gasteiger partial charge < -0.3 is 20.7 Å². The van der Waals surface area contributed by atoms with Gasteiger partial charge in [0.25, 0.3) is 5.91 Å². The van der Waals surface area contributed by atoms with Crippen LogP contribution in [0.2, 0.25) is 0 Å². The second-order valence-corrected chi connectivity index (χ2v) is 7.67. The molecule has 2 amide bonds. The van der Waals surface area contributed by atoms with Crippen LogP contribution < -0.4 is 20.7 Å². The van der Waals surface area contributed by atoms with E-state index in [4.69, 9.17) is 4.74 Å². The first-order valence-corrected chi connectivity index (χ1v) is 11.3. The van der Waals surface area contributed by atoms with Gasteiger partial charge in [0.1, 0.15) is 5.75 Å². The van der Waals surface area contributed by atoms with E-state index in [1.807, 2.05) is 49.4 Å². The number of para-hydroxylation sites is 2. The molecule has 6 nitrogen and oxygen atoms in total. The van der Waals surface area contributed by atoms with E-state index in [0.29, 0.717) is 24.4 Å². The number of ether oxygens (including phenoxy) is 1. The molecule has 6 heteroatoms. The molecule has 0 spiro atoms. The maximum atomic E-state index is 12.4. The van der Waals surface area contributed by atoms with Gasteiger partial charge in [0.2, 0.25) is 5.91 Å². The van der Waals surface area contributed by atoms with E-state index in [9.17, 15) is 9.59 Å². The van der Waals surface area contributed by atoms with E-state index in [2.05, 4.69) is 28.1 Å². The number of carbonyl (C=O) groups excluding carboxylic acids is 2. The number of rotatable bonds is 12. The van der Waals surface area contributed by atoms with Gasteiger partial charge in [-0.2, -0.15) is 0 Å². The average molecular weight is 446 g/mol. The SMILES string of the molecule is CCCNC(=O)c1ccc(NC(=O)CNc2ccccc2OCCCc2ccccc2)cc1. The van der Waals surface area contributed by atoms with Gasteiger partial charge in [0, 0.05) is 17.8 Å². The number of hydrogen-bond acceptors (Lipinski definition) is 4. The third kappa shape index (κ3) is 8.00. The number of hydrogen-bond donors (Lipinski definition) is 3. The Balaban J connectivity index is 1.44. The zero-order valence-electron chi connectivity index (χ0n) is 19.0. The molecule has 3 rings (SSSR count). The van der Waals surface area contributed by atoms with E-state index in [0.717, 1.165) is 30.7 Å². The van der Waals surface area contributed by atoms with Gasteiger partial charge in [0.15, 0.2) is 0 Å². The quantitative estimate of drug-likeness (QED) is 0.347. The summed E-state index contributed by atoms with van der Waals surface area (Å²) in [7, 11) is 0. The Hall–Kier alpha value is -3.80. The van der Waals surface area contributed by atoms with E-state index in [1.165, 1.54) is 5.56 Å². The number of anilines is 2. The summed E-state index contributed by atoms with van der Waals surface area (Å²) in [6.07, 6.45) is 2.75. The van der Waals surface area contributed by atoms with Crippen molar-refractivity contribution in [1.82, 2.24) is 5.32 Å². The fraction of sp³-hybridized carbons (Fsp3) is 0.259. The zero-order chi connectivity index (χ0) is 23.3. The first kappa shape index (κ1) is 23.9. The van der Waals surface area contributed by atoms with Crippen LogP contribution in [0.15, 0.2) is 78.9 Å². The molecule has 0 bridgehead atoms. The van der Waals surface area contributed by atoms with Gasteiger partial charge >= 0.3 is 0 Å². The van der Waals surface area contributed by atoms with Crippen LogP contribution in [0.4, 0.5) is 11.4 Å². The fourth-order valence-corrected chi connectivity index (χ4v) is 3.27. The lowest BCUT2D eigenvalue weighted by Crippen LogP contribution is -2.24. The van der Waals surface area contributed by atoms with Crippen molar-refractivity contribution in [3.63, 3.8) is 0 Å². The number of benzene rings is 3. The summed E-state index contributed by atoms with van der Waals surface area (Å²) in [6, 6.07) is 24.8. The normalized spacial score (nSPS) is 10.3. The Bertz CT molecular complexity index is 1020. The Morgan fingerprint density at radius 3 is 2.36 bits per heavy atom. The molecule has 3 aromatic rings. The average Bonchev–Trinajstić information content (AvgIpc) is 2.85. The van der Waals surface area contributed by atoms with Crippen LogP contribution in [0.3, 0.4) is 0 Å². The summed E-state index contributed by atoms with van der Waals surface area (Å²) < 4.78 is 5.94. The summed E-state index contributed by atoms with van der Waals surface area (Å²) in [5.41, 5.74) is 3.27. The summed E-state index contributed by atoms with van der Waals surface area (Å²) in [4.78, 5) is 24.4. The maximum Gasteiger partial charge on any atom is 0.251 e. The highest BCUT2D eigenvalue weighted by Gasteiger charge is 2.08. The molecule has 0 saturated carbocycles. The predicted octanol–water partition coefficient (Wildman–Crippen LogP) is 4.89. The fourth-order valence-electron chi connectivity index (χ4n) is 3.27. The molecule has 0 heterocycles. The Kier molecular flexibility index (Phi) is 9.33. The van der Waals surface area contributed by atoms with Crippen LogP contribution in [-0.4, -0.2) is 31.5 Å². The standard InChI is InChI=1S/C27H31N3O3/c1-2-18-28-27(32)22-14-16-23(17-15-22)30-26(31)20-29-24-12-6-7-13-25(24)33-19-8-11-21-9-4-3-5-10-21/h3-7,9-10,12-17,29H,2,8,11,18-20H2,1H3,(H,28,32)(H,30,31). The molecule has 0 aliphatic carbocycles. The van der Waals surface area contributed by atoms with Crippen LogP contribution in [0.5, 0.6) is 5.75 Å². The summed E-state index contributed by atoms with van der Waals surface area (Å²) in [5.74, 6) is 0.426. The molecule has 0 unspecified atom stereocenters. The molecule has 0 fully saturated rings. The lowest BCUT2D eigenvalue weighted by molar-refractivity contribution is -0.114. The number of carbonyl (C=O) groups is 2. The molecular formula is C27H31N3O3. The van der Waals surface area contributed by atoms with Crippen LogP contribution in [-0.2, 0) is 11.2 Å². The zero-order valence-corrected chi connectivity index (χ0v) is 19.0. The minimum Gasteiger partial charge on any atom is -0.491 e. The minimum absolute atomic E-state index is 0.100. The highest BCUT2D eigenvalue weighted by atomic mass is 16.5. The second-order valence-electron chi connectivity index (χ2n) is 7.67. The Labute approximate surface area is 195 Å². The molecule has 0 aliphatic heterocycles. The van der Waals surface area contributed by atoms with E-state index in [-0.39, 0.29) is 18.4 Å². The Morgan fingerprint density at radius 2 is 1.61 bits per heavy atom. The van der Waals surface area contributed by atoms with Gasteiger partial charge in [0.05, 0.1) is 18.8 Å². The minimum atomic E-state index is -0.183. The first-order chi connectivity index (χ1) is 16.2. The van der Waals surface area contributed by atoms with E-state index >= 15 is 0 Å². The monoisotopic (exact) mass is 445 g/mol. The number of nitrogens with one attached hydrogen (secondary N) is 3. The van der Waals surface area contributed by atoms with Crippen LogP contribution in [0.1, 0.15) is 35.7 Å². The smallest absolute Gasteiger partial charge is 0.251 e. The van der Waals surface area contributed by atoms with Crippen molar-refractivity contribution >= 4 is 23.2 Å². The van der Waals surface area contributed by atoms with Crippen molar-refractivity contribution in [1.29, 1.82) is 0 Å². The van der Waals surface area contributed by atoms with Crippen molar-refractivity contribution < 1.29 is 14.3 Å². The third-order valence-electron chi connectivity index (χ3n) is 5.00. The van der Waals surface area contributed by atoms with Crippen molar-refractivity contribution in [2.45, 2.75) is 26.2 Å². The molecule has 0 aliphatic rings. The van der Waals surface area contributed by atoms with Crippen LogP contribution >= 0.6 is 0 Å².